The maximum atomic E-state index is 4.58. The van der Waals surface area contributed by atoms with Crippen LogP contribution in [0.5, 0.6) is 0 Å². The standard InChI is InChI=1S/C14H26N4/c1-6-15-9-13-10-16-14(17-12(13)4)18(5)8-7-11(2)3/h10-11,15H,6-9H2,1-5H3. The molecular formula is C14H26N4. The van der Waals surface area contributed by atoms with Crippen LogP contribution in [0.15, 0.2) is 6.20 Å². The van der Waals surface area contributed by atoms with Gasteiger partial charge in [-0.2, -0.15) is 0 Å². The minimum Gasteiger partial charge on any atom is -0.344 e. The van der Waals surface area contributed by atoms with Crippen molar-refractivity contribution in [3.63, 3.8) is 0 Å². The molecule has 1 heterocycles. The molecule has 0 aliphatic heterocycles. The molecule has 1 aromatic rings. The summed E-state index contributed by atoms with van der Waals surface area (Å²) in [5, 5.41) is 3.30. The number of rotatable bonds is 7. The monoisotopic (exact) mass is 250 g/mol. The molecule has 0 fully saturated rings. The van der Waals surface area contributed by atoms with Crippen molar-refractivity contribution in [2.24, 2.45) is 5.92 Å². The zero-order valence-corrected chi connectivity index (χ0v) is 12.3. The highest BCUT2D eigenvalue weighted by Crippen LogP contribution is 2.11. The molecule has 0 aliphatic carbocycles. The Hall–Kier alpha value is -1.16. The highest BCUT2D eigenvalue weighted by molar-refractivity contribution is 5.31. The Morgan fingerprint density at radius 3 is 2.67 bits per heavy atom. The van der Waals surface area contributed by atoms with Crippen molar-refractivity contribution in [2.45, 2.75) is 40.7 Å². The zero-order valence-electron chi connectivity index (χ0n) is 12.3. The van der Waals surface area contributed by atoms with E-state index >= 15 is 0 Å². The number of aromatic nitrogens is 2. The number of hydrogen-bond acceptors (Lipinski definition) is 4. The van der Waals surface area contributed by atoms with Crippen LogP contribution < -0.4 is 10.2 Å². The Morgan fingerprint density at radius 1 is 1.39 bits per heavy atom. The van der Waals surface area contributed by atoms with Crippen molar-refractivity contribution < 1.29 is 0 Å². The molecule has 102 valence electrons. The molecule has 4 heteroatoms. The minimum absolute atomic E-state index is 0.710. The van der Waals surface area contributed by atoms with Crippen LogP contribution >= 0.6 is 0 Å². The summed E-state index contributed by atoms with van der Waals surface area (Å²) < 4.78 is 0. The number of hydrogen-bond donors (Lipinski definition) is 1. The van der Waals surface area contributed by atoms with Gasteiger partial charge in [0.2, 0.25) is 5.95 Å². The predicted molar refractivity (Wildman–Crippen MR) is 76.9 cm³/mol. The summed E-state index contributed by atoms with van der Waals surface area (Å²) in [6, 6.07) is 0. The molecule has 0 aliphatic rings. The van der Waals surface area contributed by atoms with Gasteiger partial charge < -0.3 is 10.2 Å². The molecule has 1 rings (SSSR count). The topological polar surface area (TPSA) is 41.1 Å². The van der Waals surface area contributed by atoms with E-state index in [1.807, 2.05) is 13.1 Å². The molecule has 18 heavy (non-hydrogen) atoms. The normalized spacial score (nSPS) is 11.0. The van der Waals surface area contributed by atoms with Gasteiger partial charge in [0, 0.05) is 37.6 Å². The highest BCUT2D eigenvalue weighted by atomic mass is 15.2. The lowest BCUT2D eigenvalue weighted by Crippen LogP contribution is -2.23. The van der Waals surface area contributed by atoms with E-state index in [1.165, 1.54) is 5.56 Å². The van der Waals surface area contributed by atoms with E-state index in [0.717, 1.165) is 37.7 Å². The molecule has 0 atom stereocenters. The van der Waals surface area contributed by atoms with Crippen molar-refractivity contribution >= 4 is 5.95 Å². The van der Waals surface area contributed by atoms with Gasteiger partial charge in [0.1, 0.15) is 0 Å². The van der Waals surface area contributed by atoms with Crippen LogP contribution in [0, 0.1) is 12.8 Å². The van der Waals surface area contributed by atoms with Gasteiger partial charge in [-0.05, 0) is 25.8 Å². The average Bonchev–Trinajstić information content (AvgIpc) is 2.34. The first-order valence-electron chi connectivity index (χ1n) is 6.79. The van der Waals surface area contributed by atoms with E-state index in [4.69, 9.17) is 0 Å². The molecule has 0 unspecified atom stereocenters. The summed E-state index contributed by atoms with van der Waals surface area (Å²) in [7, 11) is 2.06. The largest absolute Gasteiger partial charge is 0.344 e. The lowest BCUT2D eigenvalue weighted by Gasteiger charge is -2.19. The first kappa shape index (κ1) is 14.9. The van der Waals surface area contributed by atoms with Gasteiger partial charge in [0.05, 0.1) is 0 Å². The Bertz CT molecular complexity index is 363. The van der Waals surface area contributed by atoms with Crippen molar-refractivity contribution in [2.75, 3.05) is 25.0 Å². The van der Waals surface area contributed by atoms with Crippen LogP contribution in [0.2, 0.25) is 0 Å². The molecule has 4 nitrogen and oxygen atoms in total. The molecule has 0 amide bonds. The molecule has 1 N–H and O–H groups in total. The van der Waals surface area contributed by atoms with E-state index in [1.54, 1.807) is 0 Å². The fourth-order valence-electron chi connectivity index (χ4n) is 1.65. The summed E-state index contributed by atoms with van der Waals surface area (Å²) >= 11 is 0. The summed E-state index contributed by atoms with van der Waals surface area (Å²) in [5.41, 5.74) is 2.25. The Labute approximate surface area is 111 Å². The van der Waals surface area contributed by atoms with E-state index in [0.29, 0.717) is 5.92 Å². The fraction of sp³-hybridized carbons (Fsp3) is 0.714. The molecular weight excluding hydrogens is 224 g/mol. The Morgan fingerprint density at radius 2 is 2.11 bits per heavy atom. The summed E-state index contributed by atoms with van der Waals surface area (Å²) in [5.74, 6) is 1.54. The van der Waals surface area contributed by atoms with Crippen molar-refractivity contribution in [3.05, 3.63) is 17.5 Å². The maximum Gasteiger partial charge on any atom is 0.225 e. The van der Waals surface area contributed by atoms with Gasteiger partial charge in [0.15, 0.2) is 0 Å². The van der Waals surface area contributed by atoms with Crippen LogP contribution in [0.25, 0.3) is 0 Å². The van der Waals surface area contributed by atoms with Crippen molar-refractivity contribution in [1.82, 2.24) is 15.3 Å². The molecule has 0 saturated heterocycles. The number of aryl methyl sites for hydroxylation is 1. The minimum atomic E-state index is 0.710. The van der Waals surface area contributed by atoms with E-state index < -0.39 is 0 Å². The second-order valence-corrected chi connectivity index (χ2v) is 5.17. The maximum absolute atomic E-state index is 4.58. The molecule has 1 aromatic heterocycles. The van der Waals surface area contributed by atoms with Crippen LogP contribution in [0.1, 0.15) is 38.4 Å². The van der Waals surface area contributed by atoms with E-state index in [-0.39, 0.29) is 0 Å². The molecule has 0 aromatic carbocycles. The van der Waals surface area contributed by atoms with E-state index in [9.17, 15) is 0 Å². The van der Waals surface area contributed by atoms with Crippen molar-refractivity contribution in [3.8, 4) is 0 Å². The van der Waals surface area contributed by atoms with Crippen LogP contribution in [0.3, 0.4) is 0 Å². The summed E-state index contributed by atoms with van der Waals surface area (Å²) in [6.07, 6.45) is 3.10. The third kappa shape index (κ3) is 4.61. The van der Waals surface area contributed by atoms with Crippen LogP contribution in [0.4, 0.5) is 5.95 Å². The van der Waals surface area contributed by atoms with Gasteiger partial charge in [0.25, 0.3) is 0 Å². The smallest absolute Gasteiger partial charge is 0.225 e. The lowest BCUT2D eigenvalue weighted by molar-refractivity contribution is 0.581. The van der Waals surface area contributed by atoms with E-state index in [2.05, 4.69) is 48.0 Å². The van der Waals surface area contributed by atoms with Gasteiger partial charge >= 0.3 is 0 Å². The Balaban J connectivity index is 2.65. The van der Waals surface area contributed by atoms with Crippen LogP contribution in [-0.2, 0) is 6.54 Å². The Kier molecular flexibility index (Phi) is 6.05. The zero-order chi connectivity index (χ0) is 13.5. The third-order valence-electron chi connectivity index (χ3n) is 3.02. The number of nitrogens with zero attached hydrogens (tertiary/aromatic N) is 3. The summed E-state index contributed by atoms with van der Waals surface area (Å²) in [4.78, 5) is 11.2. The third-order valence-corrected chi connectivity index (χ3v) is 3.02. The highest BCUT2D eigenvalue weighted by Gasteiger charge is 2.07. The van der Waals surface area contributed by atoms with Gasteiger partial charge in [-0.1, -0.05) is 20.8 Å². The first-order valence-corrected chi connectivity index (χ1v) is 6.79. The number of anilines is 1. The van der Waals surface area contributed by atoms with Gasteiger partial charge in [-0.15, -0.1) is 0 Å². The fourth-order valence-corrected chi connectivity index (χ4v) is 1.65. The second kappa shape index (κ2) is 7.31. The second-order valence-electron chi connectivity index (χ2n) is 5.17. The van der Waals surface area contributed by atoms with Gasteiger partial charge in [-0.3, -0.25) is 0 Å². The SMILES string of the molecule is CCNCc1cnc(N(C)CCC(C)C)nc1C. The van der Waals surface area contributed by atoms with Crippen molar-refractivity contribution in [1.29, 1.82) is 0 Å². The molecule has 0 bridgehead atoms. The van der Waals surface area contributed by atoms with Crippen LogP contribution in [-0.4, -0.2) is 30.1 Å². The molecule has 0 spiro atoms. The molecule has 0 radical (unpaired) electrons. The van der Waals surface area contributed by atoms with Gasteiger partial charge in [-0.25, -0.2) is 9.97 Å². The quantitative estimate of drug-likeness (QED) is 0.806. The lowest BCUT2D eigenvalue weighted by atomic mass is 10.1. The average molecular weight is 250 g/mol. The first-order chi connectivity index (χ1) is 8.54. The number of nitrogens with one attached hydrogen (secondary N) is 1. The predicted octanol–water partition coefficient (Wildman–Crippen LogP) is 2.38. The summed E-state index contributed by atoms with van der Waals surface area (Å²) in [6.45, 7) is 11.4. The molecule has 0 saturated carbocycles.